The largest absolute Gasteiger partial charge is 0.444 e. The van der Waals surface area contributed by atoms with E-state index in [1.54, 1.807) is 62.3 Å². The highest BCUT2D eigenvalue weighted by molar-refractivity contribution is 5.88. The molecule has 2 bridgehead atoms. The van der Waals surface area contributed by atoms with E-state index in [1.807, 2.05) is 0 Å². The lowest BCUT2D eigenvalue weighted by Gasteiger charge is -2.31. The summed E-state index contributed by atoms with van der Waals surface area (Å²) in [6.45, 7) is 5.61. The van der Waals surface area contributed by atoms with Crippen LogP contribution in [0.1, 0.15) is 55.7 Å². The van der Waals surface area contributed by atoms with E-state index in [0.29, 0.717) is 18.8 Å². The monoisotopic (exact) mass is 532 g/mol. The van der Waals surface area contributed by atoms with Crippen LogP contribution >= 0.6 is 0 Å². The Hall–Kier alpha value is -4.05. The molecular formula is C29H32N4O6. The zero-order chi connectivity index (χ0) is 27.7. The number of amides is 2. The maximum Gasteiger partial charge on any atom is 0.415 e. The fraction of sp³-hybridized carbons (Fsp3) is 0.414. The van der Waals surface area contributed by atoms with Crippen molar-refractivity contribution in [3.63, 3.8) is 0 Å². The quantitative estimate of drug-likeness (QED) is 0.491. The number of nitrogens with zero attached hydrogens (tertiary/aromatic N) is 3. The van der Waals surface area contributed by atoms with Crippen molar-refractivity contribution < 1.29 is 29.0 Å². The van der Waals surface area contributed by atoms with Crippen molar-refractivity contribution in [3.05, 3.63) is 65.5 Å². The lowest BCUT2D eigenvalue weighted by Crippen LogP contribution is -2.45. The van der Waals surface area contributed by atoms with E-state index in [0.717, 1.165) is 23.0 Å². The summed E-state index contributed by atoms with van der Waals surface area (Å²) < 4.78 is 10.9. The zero-order valence-corrected chi connectivity index (χ0v) is 22.2. The van der Waals surface area contributed by atoms with Crippen molar-refractivity contribution >= 4 is 29.0 Å². The summed E-state index contributed by atoms with van der Waals surface area (Å²) in [6, 6.07) is 9.99. The molecule has 2 heterocycles. The molecule has 2 N–H and O–H groups in total. The van der Waals surface area contributed by atoms with Gasteiger partial charge >= 0.3 is 12.2 Å². The number of alkyl carbamates (subject to hydrolysis) is 1. The summed E-state index contributed by atoms with van der Waals surface area (Å²) in [5.74, 6) is 0.317. The Kier molecular flexibility index (Phi) is 7.22. The lowest BCUT2D eigenvalue weighted by molar-refractivity contribution is -0.123. The van der Waals surface area contributed by atoms with Gasteiger partial charge in [0, 0.05) is 37.3 Å². The number of fused-ring (bicyclic) bond motifs is 6. The molecule has 1 aliphatic carbocycles. The normalized spacial score (nSPS) is 18.8. The minimum Gasteiger partial charge on any atom is -0.444 e. The van der Waals surface area contributed by atoms with Crippen molar-refractivity contribution in [1.82, 2.24) is 20.2 Å². The molecule has 0 spiro atoms. The average Bonchev–Trinajstić information content (AvgIpc) is 3.14. The fourth-order valence-electron chi connectivity index (χ4n) is 5.35. The van der Waals surface area contributed by atoms with Crippen LogP contribution in [0.25, 0.3) is 11.0 Å². The average molecular weight is 533 g/mol. The molecule has 10 heteroatoms. The summed E-state index contributed by atoms with van der Waals surface area (Å²) in [6.07, 6.45) is 3.37. The molecule has 1 fully saturated rings. The molecule has 0 radical (unpaired) electrons. The SMILES string of the molecule is CC(C)(C)OC(=O)N[C@@H](Cc1ccc(OC(=O)N2CC3CC(C2)c2cc4nccnc4cc23)cc1)C(=O)CO. The van der Waals surface area contributed by atoms with E-state index < -0.39 is 36.2 Å². The highest BCUT2D eigenvalue weighted by atomic mass is 16.6. The van der Waals surface area contributed by atoms with Gasteiger partial charge in [0.05, 0.1) is 17.1 Å². The van der Waals surface area contributed by atoms with Crippen molar-refractivity contribution in [2.75, 3.05) is 19.7 Å². The van der Waals surface area contributed by atoms with Crippen LogP contribution in [0.3, 0.4) is 0 Å². The summed E-state index contributed by atoms with van der Waals surface area (Å²) in [5.41, 5.74) is 4.20. The second-order valence-corrected chi connectivity index (χ2v) is 11.1. The van der Waals surface area contributed by atoms with Gasteiger partial charge in [-0.2, -0.15) is 0 Å². The van der Waals surface area contributed by atoms with Gasteiger partial charge in [0.25, 0.3) is 0 Å². The molecule has 2 unspecified atom stereocenters. The van der Waals surface area contributed by atoms with Gasteiger partial charge in [-0.1, -0.05) is 12.1 Å². The number of likely N-dealkylation sites (tertiary alicyclic amines) is 1. The molecule has 1 aromatic heterocycles. The van der Waals surface area contributed by atoms with E-state index >= 15 is 0 Å². The summed E-state index contributed by atoms with van der Waals surface area (Å²) in [7, 11) is 0. The number of aromatic nitrogens is 2. The van der Waals surface area contributed by atoms with Crippen LogP contribution in [0, 0.1) is 0 Å². The van der Waals surface area contributed by atoms with Crippen molar-refractivity contribution in [1.29, 1.82) is 0 Å². The molecule has 0 saturated carbocycles. The Morgan fingerprint density at radius 2 is 1.62 bits per heavy atom. The van der Waals surface area contributed by atoms with Crippen LogP contribution in [-0.2, 0) is 16.0 Å². The molecule has 3 atom stereocenters. The van der Waals surface area contributed by atoms with E-state index in [9.17, 15) is 19.5 Å². The van der Waals surface area contributed by atoms with Gasteiger partial charge in [-0.05, 0) is 74.6 Å². The molecule has 1 aliphatic heterocycles. The first-order valence-corrected chi connectivity index (χ1v) is 13.0. The van der Waals surface area contributed by atoms with Crippen LogP contribution in [0.4, 0.5) is 9.59 Å². The number of carbonyl (C=O) groups is 3. The molecule has 10 nitrogen and oxygen atoms in total. The second kappa shape index (κ2) is 10.6. The smallest absolute Gasteiger partial charge is 0.415 e. The first-order chi connectivity index (χ1) is 18.6. The number of ketones is 1. The molecule has 39 heavy (non-hydrogen) atoms. The van der Waals surface area contributed by atoms with Gasteiger partial charge in [0.2, 0.25) is 0 Å². The van der Waals surface area contributed by atoms with Gasteiger partial charge in [-0.3, -0.25) is 14.8 Å². The number of nitrogens with one attached hydrogen (secondary N) is 1. The van der Waals surface area contributed by atoms with Gasteiger partial charge in [-0.15, -0.1) is 0 Å². The number of hydrogen-bond acceptors (Lipinski definition) is 8. The topological polar surface area (TPSA) is 131 Å². The third-order valence-corrected chi connectivity index (χ3v) is 7.07. The Labute approximate surface area is 226 Å². The Balaban J connectivity index is 1.21. The van der Waals surface area contributed by atoms with Crippen molar-refractivity contribution in [3.8, 4) is 5.75 Å². The van der Waals surface area contributed by atoms with Crippen molar-refractivity contribution in [2.45, 2.75) is 57.1 Å². The fourth-order valence-corrected chi connectivity index (χ4v) is 5.35. The molecule has 2 amide bonds. The molecular weight excluding hydrogens is 500 g/mol. The standard InChI is InChI=1S/C29H32N4O6/c1-29(2,3)39-27(36)32-25(26(35)16-34)10-17-4-6-20(7-5-17)38-28(37)33-14-18-11-19(15-33)22-13-24-23(12-21(18)22)30-8-9-31-24/h4-9,12-13,18-19,25,34H,10-11,14-16H2,1-3H3,(H,32,36)/t18?,19?,25-/m0/s1. The lowest BCUT2D eigenvalue weighted by atomic mass is 9.96. The Bertz CT molecular complexity index is 1350. The number of benzene rings is 2. The maximum absolute atomic E-state index is 13.0. The predicted molar refractivity (Wildman–Crippen MR) is 143 cm³/mol. The number of aliphatic hydroxyl groups is 1. The van der Waals surface area contributed by atoms with E-state index in [4.69, 9.17) is 9.47 Å². The third-order valence-electron chi connectivity index (χ3n) is 7.07. The van der Waals surface area contributed by atoms with Crippen LogP contribution in [0.15, 0.2) is 48.8 Å². The van der Waals surface area contributed by atoms with Gasteiger partial charge in [-0.25, -0.2) is 9.59 Å². The number of aliphatic hydroxyl groups excluding tert-OH is 1. The number of hydrogen-bond donors (Lipinski definition) is 2. The van der Waals surface area contributed by atoms with Crippen LogP contribution in [-0.4, -0.2) is 69.3 Å². The summed E-state index contributed by atoms with van der Waals surface area (Å²) >= 11 is 0. The molecule has 3 aromatic rings. The molecule has 204 valence electrons. The minimum atomic E-state index is -0.953. The Morgan fingerprint density at radius 1 is 1.03 bits per heavy atom. The predicted octanol–water partition coefficient (Wildman–Crippen LogP) is 3.71. The number of ether oxygens (including phenoxy) is 2. The second-order valence-electron chi connectivity index (χ2n) is 11.1. The summed E-state index contributed by atoms with van der Waals surface area (Å²) in [5, 5.41) is 11.9. The molecule has 1 saturated heterocycles. The molecule has 2 aromatic carbocycles. The number of carbonyl (C=O) groups excluding carboxylic acids is 3. The number of Topliss-reactive ketones (excluding diaryl/α,β-unsaturated/α-hetero) is 1. The highest BCUT2D eigenvalue weighted by Gasteiger charge is 2.40. The number of rotatable bonds is 6. The molecule has 5 rings (SSSR count). The van der Waals surface area contributed by atoms with Crippen LogP contribution in [0.2, 0.25) is 0 Å². The van der Waals surface area contributed by atoms with Crippen LogP contribution < -0.4 is 10.1 Å². The summed E-state index contributed by atoms with van der Waals surface area (Å²) in [4.78, 5) is 48.0. The van der Waals surface area contributed by atoms with Crippen LogP contribution in [0.5, 0.6) is 5.75 Å². The van der Waals surface area contributed by atoms with Gasteiger partial charge in [0.15, 0.2) is 5.78 Å². The van der Waals surface area contributed by atoms with Crippen molar-refractivity contribution in [2.24, 2.45) is 0 Å². The van der Waals surface area contributed by atoms with E-state index in [1.165, 1.54) is 11.1 Å². The maximum atomic E-state index is 13.0. The molecule has 2 aliphatic rings. The first-order valence-electron chi connectivity index (χ1n) is 13.0. The van der Waals surface area contributed by atoms with Gasteiger partial charge < -0.3 is 24.8 Å². The third kappa shape index (κ3) is 6.01. The zero-order valence-electron chi connectivity index (χ0n) is 22.2. The van der Waals surface area contributed by atoms with Gasteiger partial charge in [0.1, 0.15) is 18.0 Å². The van der Waals surface area contributed by atoms with E-state index in [2.05, 4.69) is 27.4 Å². The van der Waals surface area contributed by atoms with E-state index in [-0.39, 0.29) is 18.3 Å². The first kappa shape index (κ1) is 26.6. The highest BCUT2D eigenvalue weighted by Crippen LogP contribution is 2.47. The Morgan fingerprint density at radius 3 is 2.15 bits per heavy atom. The minimum absolute atomic E-state index is 0.151. The number of piperidine rings is 1.